The van der Waals surface area contributed by atoms with Crippen LogP contribution >= 0.6 is 27.5 Å². The maximum absolute atomic E-state index is 14.0. The number of hydrogen-bond donors (Lipinski definition) is 2. The van der Waals surface area contributed by atoms with E-state index in [1.54, 1.807) is 12.1 Å². The van der Waals surface area contributed by atoms with Crippen molar-refractivity contribution in [2.45, 2.75) is 19.4 Å². The van der Waals surface area contributed by atoms with Crippen LogP contribution in [0.3, 0.4) is 0 Å². The predicted molar refractivity (Wildman–Crippen MR) is 84.1 cm³/mol. The quantitative estimate of drug-likeness (QED) is 0.632. The first-order chi connectivity index (χ1) is 9.51. The van der Waals surface area contributed by atoms with Crippen LogP contribution in [0.2, 0.25) is 5.02 Å². The molecule has 0 aliphatic carbocycles. The van der Waals surface area contributed by atoms with E-state index in [0.717, 1.165) is 15.6 Å². The van der Waals surface area contributed by atoms with Gasteiger partial charge in [-0.3, -0.25) is 11.3 Å². The number of benzene rings is 2. The minimum absolute atomic E-state index is 0.128. The Labute approximate surface area is 131 Å². The first kappa shape index (κ1) is 15.4. The maximum atomic E-state index is 14.0. The molecule has 106 valence electrons. The van der Waals surface area contributed by atoms with Gasteiger partial charge in [-0.25, -0.2) is 4.39 Å². The monoisotopic (exact) mass is 356 g/mol. The van der Waals surface area contributed by atoms with Crippen LogP contribution in [0, 0.1) is 12.7 Å². The van der Waals surface area contributed by atoms with Crippen molar-refractivity contribution in [1.29, 1.82) is 0 Å². The van der Waals surface area contributed by atoms with Gasteiger partial charge < -0.3 is 0 Å². The fourth-order valence-electron chi connectivity index (χ4n) is 2.16. The molecule has 2 nitrogen and oxygen atoms in total. The van der Waals surface area contributed by atoms with E-state index in [9.17, 15) is 4.39 Å². The zero-order valence-electron chi connectivity index (χ0n) is 11.0. The van der Waals surface area contributed by atoms with Gasteiger partial charge in [-0.2, -0.15) is 0 Å². The summed E-state index contributed by atoms with van der Waals surface area (Å²) in [4.78, 5) is 0. The van der Waals surface area contributed by atoms with Gasteiger partial charge in [0.05, 0.1) is 11.1 Å². The molecule has 0 radical (unpaired) electrons. The molecule has 0 saturated carbocycles. The Balaban J connectivity index is 2.31. The van der Waals surface area contributed by atoms with Gasteiger partial charge in [0.25, 0.3) is 0 Å². The summed E-state index contributed by atoms with van der Waals surface area (Å²) < 4.78 is 14.9. The highest BCUT2D eigenvalue weighted by molar-refractivity contribution is 9.10. The summed E-state index contributed by atoms with van der Waals surface area (Å²) in [7, 11) is 0. The van der Waals surface area contributed by atoms with Crippen LogP contribution in [0.1, 0.15) is 22.7 Å². The standard InChI is InChI=1S/C15H15BrClFN2/c1-9-5-11(7-12(16)6-9)14(20-19)8-10-3-2-4-13(17)15(10)18/h2-7,14,20H,8,19H2,1H3. The molecule has 1 atom stereocenters. The molecular weight excluding hydrogens is 343 g/mol. The number of aryl methyl sites for hydroxylation is 1. The summed E-state index contributed by atoms with van der Waals surface area (Å²) in [6.45, 7) is 2.00. The molecule has 0 saturated heterocycles. The predicted octanol–water partition coefficient (Wildman–Crippen LogP) is 4.30. The molecule has 0 bridgehead atoms. The average molecular weight is 358 g/mol. The van der Waals surface area contributed by atoms with E-state index < -0.39 is 0 Å². The van der Waals surface area contributed by atoms with Crippen LogP contribution in [-0.2, 0) is 6.42 Å². The van der Waals surface area contributed by atoms with Crippen molar-refractivity contribution in [1.82, 2.24) is 5.43 Å². The molecule has 5 heteroatoms. The molecule has 2 aromatic carbocycles. The zero-order valence-corrected chi connectivity index (χ0v) is 13.3. The van der Waals surface area contributed by atoms with Crippen molar-refractivity contribution in [3.05, 3.63) is 68.4 Å². The molecule has 0 aliphatic heterocycles. The van der Waals surface area contributed by atoms with E-state index >= 15 is 0 Å². The Morgan fingerprint density at radius 1 is 1.35 bits per heavy atom. The molecular formula is C15H15BrClFN2. The van der Waals surface area contributed by atoms with E-state index in [1.807, 2.05) is 25.1 Å². The largest absolute Gasteiger partial charge is 0.271 e. The Bertz CT molecular complexity index is 599. The summed E-state index contributed by atoms with van der Waals surface area (Å²) in [6, 6.07) is 10.8. The van der Waals surface area contributed by atoms with Crippen molar-refractivity contribution in [2.75, 3.05) is 0 Å². The maximum Gasteiger partial charge on any atom is 0.145 e. The van der Waals surface area contributed by atoms with E-state index in [0.29, 0.717) is 12.0 Å². The smallest absolute Gasteiger partial charge is 0.145 e. The van der Waals surface area contributed by atoms with Crippen molar-refractivity contribution < 1.29 is 4.39 Å². The summed E-state index contributed by atoms with van der Waals surface area (Å²) in [5.74, 6) is 5.23. The van der Waals surface area contributed by atoms with Gasteiger partial charge in [-0.15, -0.1) is 0 Å². The Hall–Kier alpha value is -0.940. The summed E-state index contributed by atoms with van der Waals surface area (Å²) in [6.07, 6.45) is 0.429. The highest BCUT2D eigenvalue weighted by atomic mass is 79.9. The molecule has 2 rings (SSSR count). The molecule has 0 heterocycles. The molecule has 20 heavy (non-hydrogen) atoms. The van der Waals surface area contributed by atoms with Crippen LogP contribution in [0.25, 0.3) is 0 Å². The second-order valence-corrected chi connectivity index (χ2v) is 6.02. The molecule has 2 aromatic rings. The Morgan fingerprint density at radius 2 is 2.10 bits per heavy atom. The van der Waals surface area contributed by atoms with E-state index in [-0.39, 0.29) is 16.9 Å². The van der Waals surface area contributed by atoms with Gasteiger partial charge in [-0.1, -0.05) is 45.7 Å². The first-order valence-corrected chi connectivity index (χ1v) is 7.34. The van der Waals surface area contributed by atoms with Crippen LogP contribution in [-0.4, -0.2) is 0 Å². The second kappa shape index (κ2) is 6.68. The summed E-state index contributed by atoms with van der Waals surface area (Å²) in [5.41, 5.74) is 5.39. The molecule has 0 amide bonds. The van der Waals surface area contributed by atoms with Crippen molar-refractivity contribution >= 4 is 27.5 Å². The molecule has 3 N–H and O–H groups in total. The van der Waals surface area contributed by atoms with Gasteiger partial charge in [0.2, 0.25) is 0 Å². The van der Waals surface area contributed by atoms with Gasteiger partial charge >= 0.3 is 0 Å². The number of nitrogens with two attached hydrogens (primary N) is 1. The topological polar surface area (TPSA) is 38.0 Å². The van der Waals surface area contributed by atoms with Gasteiger partial charge in [-0.05, 0) is 48.2 Å². The minimum Gasteiger partial charge on any atom is -0.271 e. The van der Waals surface area contributed by atoms with Crippen molar-refractivity contribution in [2.24, 2.45) is 5.84 Å². The number of halogens is 3. The fourth-order valence-corrected chi connectivity index (χ4v) is 2.98. The molecule has 0 spiro atoms. The van der Waals surface area contributed by atoms with E-state index in [2.05, 4.69) is 21.4 Å². The number of hydrogen-bond acceptors (Lipinski definition) is 2. The van der Waals surface area contributed by atoms with Gasteiger partial charge in [0.15, 0.2) is 0 Å². The van der Waals surface area contributed by atoms with Crippen molar-refractivity contribution in [3.8, 4) is 0 Å². The average Bonchev–Trinajstić information content (AvgIpc) is 2.39. The molecule has 1 unspecified atom stereocenters. The van der Waals surface area contributed by atoms with E-state index in [1.165, 1.54) is 6.07 Å². The van der Waals surface area contributed by atoms with Crippen LogP contribution in [0.4, 0.5) is 4.39 Å². The third kappa shape index (κ3) is 3.58. The molecule has 0 aromatic heterocycles. The van der Waals surface area contributed by atoms with Gasteiger partial charge in [0, 0.05) is 4.47 Å². The van der Waals surface area contributed by atoms with Crippen LogP contribution < -0.4 is 11.3 Å². The van der Waals surface area contributed by atoms with Crippen molar-refractivity contribution in [3.63, 3.8) is 0 Å². The Morgan fingerprint density at radius 3 is 2.75 bits per heavy atom. The lowest BCUT2D eigenvalue weighted by atomic mass is 9.98. The number of rotatable bonds is 4. The van der Waals surface area contributed by atoms with Crippen LogP contribution in [0.5, 0.6) is 0 Å². The fraction of sp³-hybridized carbons (Fsp3) is 0.200. The lowest BCUT2D eigenvalue weighted by Gasteiger charge is -2.18. The summed E-state index contributed by atoms with van der Waals surface area (Å²) in [5, 5.41) is 0.128. The SMILES string of the molecule is Cc1cc(Br)cc(C(Cc2cccc(Cl)c2F)NN)c1. The molecule has 0 aliphatic rings. The third-order valence-corrected chi connectivity index (χ3v) is 3.87. The highest BCUT2D eigenvalue weighted by Crippen LogP contribution is 2.26. The van der Waals surface area contributed by atoms with Gasteiger partial charge in [0.1, 0.15) is 5.82 Å². The third-order valence-electron chi connectivity index (χ3n) is 3.12. The normalized spacial score (nSPS) is 12.4. The number of nitrogens with one attached hydrogen (secondary N) is 1. The second-order valence-electron chi connectivity index (χ2n) is 4.70. The van der Waals surface area contributed by atoms with E-state index in [4.69, 9.17) is 17.4 Å². The lowest BCUT2D eigenvalue weighted by molar-refractivity contribution is 0.529. The summed E-state index contributed by atoms with van der Waals surface area (Å²) >= 11 is 9.26. The number of hydrazine groups is 1. The van der Waals surface area contributed by atoms with Crippen LogP contribution in [0.15, 0.2) is 40.9 Å². The zero-order chi connectivity index (χ0) is 14.7. The lowest BCUT2D eigenvalue weighted by Crippen LogP contribution is -2.30. The highest BCUT2D eigenvalue weighted by Gasteiger charge is 2.15. The minimum atomic E-state index is -0.388. The Kier molecular flexibility index (Phi) is 5.16. The molecule has 0 fully saturated rings. The first-order valence-electron chi connectivity index (χ1n) is 6.17.